The molecule has 2 aromatic rings. The minimum atomic E-state index is -0.171. The number of hydrazine groups is 1. The SMILES string of the molecule is CC1CC(C(=O)N2CCc3onc(CNc4ncccn4)c3C2)NN1. The molecule has 1 amide bonds. The molecule has 0 aromatic carbocycles. The average Bonchev–Trinajstić information content (AvgIpc) is 3.26. The van der Waals surface area contributed by atoms with Gasteiger partial charge in [-0.2, -0.15) is 0 Å². The molecule has 2 unspecified atom stereocenters. The number of aromatic nitrogens is 3. The molecule has 4 heterocycles. The molecule has 1 fully saturated rings. The van der Waals surface area contributed by atoms with Crippen molar-refractivity contribution in [3.63, 3.8) is 0 Å². The van der Waals surface area contributed by atoms with E-state index in [4.69, 9.17) is 4.52 Å². The summed E-state index contributed by atoms with van der Waals surface area (Å²) in [6.45, 7) is 3.70. The van der Waals surface area contributed by atoms with Gasteiger partial charge in [0, 0.05) is 37.0 Å². The Morgan fingerprint density at radius 1 is 1.40 bits per heavy atom. The second kappa shape index (κ2) is 6.77. The summed E-state index contributed by atoms with van der Waals surface area (Å²) >= 11 is 0. The van der Waals surface area contributed by atoms with Crippen LogP contribution in [0.5, 0.6) is 0 Å². The fraction of sp³-hybridized carbons (Fsp3) is 0.500. The van der Waals surface area contributed by atoms with E-state index in [0.717, 1.165) is 23.4 Å². The zero-order valence-electron chi connectivity index (χ0n) is 14.0. The maximum Gasteiger partial charge on any atom is 0.241 e. The van der Waals surface area contributed by atoms with E-state index in [-0.39, 0.29) is 11.9 Å². The Hall–Kier alpha value is -2.52. The first-order chi connectivity index (χ1) is 12.2. The Bertz CT molecular complexity index is 748. The van der Waals surface area contributed by atoms with Crippen molar-refractivity contribution >= 4 is 11.9 Å². The third-order valence-corrected chi connectivity index (χ3v) is 4.59. The largest absolute Gasteiger partial charge is 0.361 e. The molecule has 2 aliphatic heterocycles. The fourth-order valence-electron chi connectivity index (χ4n) is 3.24. The predicted octanol–water partition coefficient (Wildman–Crippen LogP) is 0.216. The molecule has 1 saturated heterocycles. The first-order valence-electron chi connectivity index (χ1n) is 8.47. The molecule has 4 rings (SSSR count). The van der Waals surface area contributed by atoms with E-state index in [1.54, 1.807) is 18.5 Å². The Morgan fingerprint density at radius 3 is 3.00 bits per heavy atom. The van der Waals surface area contributed by atoms with Crippen molar-refractivity contribution in [2.45, 2.75) is 44.9 Å². The van der Waals surface area contributed by atoms with Gasteiger partial charge in [-0.3, -0.25) is 10.2 Å². The van der Waals surface area contributed by atoms with Crippen molar-refractivity contribution in [2.75, 3.05) is 11.9 Å². The van der Waals surface area contributed by atoms with Gasteiger partial charge in [-0.15, -0.1) is 0 Å². The molecule has 9 nitrogen and oxygen atoms in total. The Kier molecular flexibility index (Phi) is 4.33. The third-order valence-electron chi connectivity index (χ3n) is 4.59. The van der Waals surface area contributed by atoms with Gasteiger partial charge in [0.05, 0.1) is 13.1 Å². The highest BCUT2D eigenvalue weighted by molar-refractivity contribution is 5.82. The molecular formula is C16H21N7O2. The van der Waals surface area contributed by atoms with Gasteiger partial charge in [-0.05, 0) is 19.4 Å². The van der Waals surface area contributed by atoms with E-state index in [0.29, 0.717) is 38.0 Å². The molecule has 0 bridgehead atoms. The van der Waals surface area contributed by atoms with E-state index >= 15 is 0 Å². The van der Waals surface area contributed by atoms with Crippen LogP contribution in [-0.2, 0) is 24.3 Å². The number of amides is 1. The van der Waals surface area contributed by atoms with Crippen LogP contribution >= 0.6 is 0 Å². The first kappa shape index (κ1) is 16.0. The monoisotopic (exact) mass is 343 g/mol. The number of nitrogens with one attached hydrogen (secondary N) is 3. The number of nitrogens with zero attached hydrogens (tertiary/aromatic N) is 4. The maximum absolute atomic E-state index is 12.7. The predicted molar refractivity (Wildman–Crippen MR) is 89.1 cm³/mol. The number of rotatable bonds is 4. The number of carbonyl (C=O) groups excluding carboxylic acids is 1. The lowest BCUT2D eigenvalue weighted by Gasteiger charge is -2.28. The van der Waals surface area contributed by atoms with Crippen molar-refractivity contribution in [1.29, 1.82) is 0 Å². The van der Waals surface area contributed by atoms with E-state index in [9.17, 15) is 4.79 Å². The molecule has 2 aliphatic rings. The molecular weight excluding hydrogens is 322 g/mol. The van der Waals surface area contributed by atoms with Crippen LogP contribution in [0.1, 0.15) is 30.4 Å². The van der Waals surface area contributed by atoms with Gasteiger partial charge in [0.25, 0.3) is 0 Å². The Balaban J connectivity index is 1.43. The molecule has 0 spiro atoms. The molecule has 3 N–H and O–H groups in total. The van der Waals surface area contributed by atoms with Crippen LogP contribution in [0.3, 0.4) is 0 Å². The normalized spacial score (nSPS) is 22.7. The Morgan fingerprint density at radius 2 is 2.24 bits per heavy atom. The second-order valence-corrected chi connectivity index (χ2v) is 6.44. The molecule has 25 heavy (non-hydrogen) atoms. The summed E-state index contributed by atoms with van der Waals surface area (Å²) in [6.07, 6.45) is 4.84. The minimum Gasteiger partial charge on any atom is -0.361 e. The zero-order valence-corrected chi connectivity index (χ0v) is 14.0. The Labute approximate surface area is 145 Å². The molecule has 132 valence electrons. The average molecular weight is 343 g/mol. The van der Waals surface area contributed by atoms with Crippen LogP contribution in [0.15, 0.2) is 23.0 Å². The van der Waals surface area contributed by atoms with Crippen molar-refractivity contribution in [3.8, 4) is 0 Å². The standard InChI is InChI=1S/C16H21N7O2/c1-10-7-12(21-20-10)15(24)23-6-3-14-11(9-23)13(22-25-14)8-19-16-17-4-2-5-18-16/h2,4-5,10,12,20-21H,3,6-9H2,1H3,(H,17,18,19). The first-order valence-corrected chi connectivity index (χ1v) is 8.47. The van der Waals surface area contributed by atoms with Crippen LogP contribution < -0.4 is 16.2 Å². The highest BCUT2D eigenvalue weighted by Gasteiger charge is 2.33. The summed E-state index contributed by atoms with van der Waals surface area (Å²) in [7, 11) is 0. The van der Waals surface area contributed by atoms with Crippen molar-refractivity contribution in [3.05, 3.63) is 35.5 Å². The maximum atomic E-state index is 12.7. The van der Waals surface area contributed by atoms with Gasteiger partial charge in [0.1, 0.15) is 17.5 Å². The lowest BCUT2D eigenvalue weighted by Crippen LogP contribution is -2.47. The number of hydrogen-bond acceptors (Lipinski definition) is 8. The lowest BCUT2D eigenvalue weighted by molar-refractivity contribution is -0.134. The number of anilines is 1. The van der Waals surface area contributed by atoms with Gasteiger partial charge in [-0.1, -0.05) is 5.16 Å². The summed E-state index contributed by atoms with van der Waals surface area (Å²) in [6, 6.07) is 1.89. The lowest BCUT2D eigenvalue weighted by atomic mass is 10.0. The van der Waals surface area contributed by atoms with Crippen LogP contribution in [0.2, 0.25) is 0 Å². The number of fused-ring (bicyclic) bond motifs is 1. The number of carbonyl (C=O) groups is 1. The van der Waals surface area contributed by atoms with Gasteiger partial charge in [0.15, 0.2) is 0 Å². The van der Waals surface area contributed by atoms with Crippen LogP contribution in [-0.4, -0.2) is 44.6 Å². The summed E-state index contributed by atoms with van der Waals surface area (Å²) < 4.78 is 5.45. The van der Waals surface area contributed by atoms with Crippen molar-refractivity contribution in [1.82, 2.24) is 30.9 Å². The molecule has 0 aliphatic carbocycles. The summed E-state index contributed by atoms with van der Waals surface area (Å²) in [4.78, 5) is 22.8. The molecule has 9 heteroatoms. The quantitative estimate of drug-likeness (QED) is 0.723. The van der Waals surface area contributed by atoms with Gasteiger partial charge in [-0.25, -0.2) is 15.4 Å². The van der Waals surface area contributed by atoms with E-state index in [1.807, 2.05) is 4.90 Å². The number of hydrogen-bond donors (Lipinski definition) is 3. The molecule has 2 aromatic heterocycles. The molecule has 0 radical (unpaired) electrons. The van der Waals surface area contributed by atoms with Crippen LogP contribution in [0, 0.1) is 0 Å². The van der Waals surface area contributed by atoms with E-state index in [2.05, 4.69) is 38.2 Å². The van der Waals surface area contributed by atoms with Crippen molar-refractivity contribution < 1.29 is 9.32 Å². The zero-order chi connectivity index (χ0) is 17.2. The minimum absolute atomic E-state index is 0.119. The van der Waals surface area contributed by atoms with E-state index in [1.165, 1.54) is 0 Å². The highest BCUT2D eigenvalue weighted by atomic mass is 16.5. The smallest absolute Gasteiger partial charge is 0.241 e. The molecule has 2 atom stereocenters. The van der Waals surface area contributed by atoms with Crippen molar-refractivity contribution in [2.24, 2.45) is 0 Å². The van der Waals surface area contributed by atoms with E-state index < -0.39 is 0 Å². The second-order valence-electron chi connectivity index (χ2n) is 6.44. The van der Waals surface area contributed by atoms with Crippen LogP contribution in [0.25, 0.3) is 0 Å². The summed E-state index contributed by atoms with van der Waals surface area (Å²) in [5, 5.41) is 7.29. The fourth-order valence-corrected chi connectivity index (χ4v) is 3.24. The van der Waals surface area contributed by atoms with Gasteiger partial charge < -0.3 is 14.7 Å². The van der Waals surface area contributed by atoms with Gasteiger partial charge in [0.2, 0.25) is 11.9 Å². The highest BCUT2D eigenvalue weighted by Crippen LogP contribution is 2.24. The molecule has 0 saturated carbocycles. The van der Waals surface area contributed by atoms with Crippen LogP contribution in [0.4, 0.5) is 5.95 Å². The third kappa shape index (κ3) is 3.33. The summed E-state index contributed by atoms with van der Waals surface area (Å²) in [5.74, 6) is 1.52. The van der Waals surface area contributed by atoms with Gasteiger partial charge >= 0.3 is 0 Å². The summed E-state index contributed by atoms with van der Waals surface area (Å²) in [5.41, 5.74) is 7.96. The topological polar surface area (TPSA) is 108 Å².